The Morgan fingerprint density at radius 2 is 2.22 bits per heavy atom. The number of benzene rings is 1. The number of amides is 1. The minimum Gasteiger partial charge on any atom is -0.393 e. The predicted molar refractivity (Wildman–Crippen MR) is 67.1 cm³/mol. The Morgan fingerprint density at radius 3 is 2.78 bits per heavy atom. The van der Waals surface area contributed by atoms with E-state index in [1.54, 1.807) is 6.07 Å². The summed E-state index contributed by atoms with van der Waals surface area (Å²) in [6, 6.07) is 4.10. The maximum Gasteiger partial charge on any atom is 0.292 e. The molecular weight excluding hydrogens is 236 g/mol. The van der Waals surface area contributed by atoms with E-state index in [1.165, 1.54) is 12.1 Å². The summed E-state index contributed by atoms with van der Waals surface area (Å²) in [5, 5.41) is 10.7. The van der Waals surface area contributed by atoms with Crippen LogP contribution < -0.4 is 16.4 Å². The Hall–Kier alpha value is -2.31. The Bertz CT molecular complexity index is 503. The standard InChI is InChI=1S/C11H14N4O3/c12-8-6-7(3-4-9(8)15(17)18)14-5-1-2-10(14)11(13)16/h3-4,6,10H,1-2,5,12H2,(H2,13,16). The molecule has 0 aromatic heterocycles. The van der Waals surface area contributed by atoms with Gasteiger partial charge in [-0.3, -0.25) is 14.9 Å². The lowest BCUT2D eigenvalue weighted by Gasteiger charge is -2.24. The van der Waals surface area contributed by atoms with Gasteiger partial charge in [0.2, 0.25) is 5.91 Å². The summed E-state index contributed by atoms with van der Waals surface area (Å²) in [6.45, 7) is 0.699. The molecule has 0 spiro atoms. The average molecular weight is 250 g/mol. The van der Waals surface area contributed by atoms with Crippen molar-refractivity contribution in [2.24, 2.45) is 5.73 Å². The predicted octanol–water partition coefficient (Wildman–Crippen LogP) is 0.631. The van der Waals surface area contributed by atoms with Crippen molar-refractivity contribution in [3.63, 3.8) is 0 Å². The van der Waals surface area contributed by atoms with E-state index >= 15 is 0 Å². The summed E-state index contributed by atoms with van der Waals surface area (Å²) in [5.74, 6) is -0.385. The second-order valence-corrected chi connectivity index (χ2v) is 4.25. The van der Waals surface area contributed by atoms with Crippen molar-refractivity contribution in [1.82, 2.24) is 0 Å². The Balaban J connectivity index is 2.32. The molecule has 0 saturated carbocycles. The smallest absolute Gasteiger partial charge is 0.292 e. The average Bonchev–Trinajstić information content (AvgIpc) is 2.77. The highest BCUT2D eigenvalue weighted by atomic mass is 16.6. The van der Waals surface area contributed by atoms with Crippen molar-refractivity contribution in [2.75, 3.05) is 17.2 Å². The molecule has 1 aliphatic rings. The van der Waals surface area contributed by atoms with Gasteiger partial charge in [-0.25, -0.2) is 0 Å². The molecule has 4 N–H and O–H groups in total. The molecule has 1 heterocycles. The number of carbonyl (C=O) groups is 1. The SMILES string of the molecule is NC(=O)C1CCCN1c1ccc([N+](=O)[O-])c(N)c1. The highest BCUT2D eigenvalue weighted by Gasteiger charge is 2.29. The van der Waals surface area contributed by atoms with Crippen molar-refractivity contribution in [2.45, 2.75) is 18.9 Å². The lowest BCUT2D eigenvalue weighted by atomic mass is 10.2. The van der Waals surface area contributed by atoms with Crippen LogP contribution in [0.2, 0.25) is 0 Å². The zero-order chi connectivity index (χ0) is 13.3. The second kappa shape index (κ2) is 4.52. The van der Waals surface area contributed by atoms with E-state index in [9.17, 15) is 14.9 Å². The van der Waals surface area contributed by atoms with Crippen molar-refractivity contribution < 1.29 is 9.72 Å². The molecule has 1 unspecified atom stereocenters. The summed E-state index contributed by atoms with van der Waals surface area (Å²) < 4.78 is 0. The van der Waals surface area contributed by atoms with Gasteiger partial charge in [-0.15, -0.1) is 0 Å². The summed E-state index contributed by atoms with van der Waals surface area (Å²) in [7, 11) is 0. The van der Waals surface area contributed by atoms with Crippen molar-refractivity contribution >= 4 is 23.0 Å². The number of hydrogen-bond acceptors (Lipinski definition) is 5. The highest BCUT2D eigenvalue weighted by Crippen LogP contribution is 2.31. The number of primary amides is 1. The van der Waals surface area contributed by atoms with Crippen LogP contribution in [0.25, 0.3) is 0 Å². The van der Waals surface area contributed by atoms with Crippen LogP contribution in [0.1, 0.15) is 12.8 Å². The molecule has 1 atom stereocenters. The van der Waals surface area contributed by atoms with Crippen LogP contribution in [0.5, 0.6) is 0 Å². The normalized spacial score (nSPS) is 18.9. The first-order valence-corrected chi connectivity index (χ1v) is 5.60. The van der Waals surface area contributed by atoms with Crippen molar-refractivity contribution in [1.29, 1.82) is 0 Å². The summed E-state index contributed by atoms with van der Waals surface area (Å²) in [4.78, 5) is 23.3. The number of carbonyl (C=O) groups excluding carboxylic acids is 1. The molecular formula is C11H14N4O3. The second-order valence-electron chi connectivity index (χ2n) is 4.25. The molecule has 1 fully saturated rings. The fraction of sp³-hybridized carbons (Fsp3) is 0.364. The Labute approximate surface area is 104 Å². The van der Waals surface area contributed by atoms with Crippen LogP contribution >= 0.6 is 0 Å². The summed E-state index contributed by atoms with van der Waals surface area (Å²) in [5.41, 5.74) is 11.6. The number of rotatable bonds is 3. The van der Waals surface area contributed by atoms with Crippen LogP contribution in [-0.2, 0) is 4.79 Å². The van der Waals surface area contributed by atoms with Gasteiger partial charge in [0, 0.05) is 18.3 Å². The number of anilines is 2. The number of nitro groups is 1. The zero-order valence-corrected chi connectivity index (χ0v) is 9.70. The van der Waals surface area contributed by atoms with Crippen LogP contribution in [0.4, 0.5) is 17.1 Å². The van der Waals surface area contributed by atoms with Gasteiger partial charge < -0.3 is 16.4 Å². The third kappa shape index (κ3) is 2.06. The quantitative estimate of drug-likeness (QED) is 0.463. The maximum absolute atomic E-state index is 11.3. The van der Waals surface area contributed by atoms with Crippen LogP contribution in [-0.4, -0.2) is 23.4 Å². The molecule has 7 heteroatoms. The fourth-order valence-electron chi connectivity index (χ4n) is 2.26. The van der Waals surface area contributed by atoms with Crippen molar-refractivity contribution in [3.05, 3.63) is 28.3 Å². The third-order valence-corrected chi connectivity index (χ3v) is 3.12. The van der Waals surface area contributed by atoms with Crippen molar-refractivity contribution in [3.8, 4) is 0 Å². The number of nitrogens with zero attached hydrogens (tertiary/aromatic N) is 2. The molecule has 18 heavy (non-hydrogen) atoms. The van der Waals surface area contributed by atoms with Gasteiger partial charge in [-0.1, -0.05) is 0 Å². The van der Waals surface area contributed by atoms with Crippen LogP contribution in [0.15, 0.2) is 18.2 Å². The molecule has 2 rings (SSSR count). The third-order valence-electron chi connectivity index (χ3n) is 3.12. The van der Waals surface area contributed by atoms with Crippen LogP contribution in [0.3, 0.4) is 0 Å². The van der Waals surface area contributed by atoms with E-state index in [-0.39, 0.29) is 23.3 Å². The molecule has 1 aromatic rings. The Morgan fingerprint density at radius 1 is 1.50 bits per heavy atom. The number of nitro benzene ring substituents is 1. The number of nitrogens with two attached hydrogens (primary N) is 2. The molecule has 7 nitrogen and oxygen atoms in total. The van der Waals surface area contributed by atoms with Gasteiger partial charge in [0.05, 0.1) is 4.92 Å². The van der Waals surface area contributed by atoms with Gasteiger partial charge >= 0.3 is 0 Å². The van der Waals surface area contributed by atoms with E-state index in [1.807, 2.05) is 4.90 Å². The van der Waals surface area contributed by atoms with E-state index in [0.717, 1.165) is 6.42 Å². The van der Waals surface area contributed by atoms with E-state index in [2.05, 4.69) is 0 Å². The largest absolute Gasteiger partial charge is 0.393 e. The topological polar surface area (TPSA) is 115 Å². The summed E-state index contributed by atoms with van der Waals surface area (Å²) >= 11 is 0. The summed E-state index contributed by atoms with van der Waals surface area (Å²) in [6.07, 6.45) is 1.57. The van der Waals surface area contributed by atoms with Gasteiger partial charge in [0.1, 0.15) is 11.7 Å². The van der Waals surface area contributed by atoms with Gasteiger partial charge in [0.25, 0.3) is 5.69 Å². The minimum absolute atomic E-state index is 0.0904. The van der Waals surface area contributed by atoms with E-state index in [4.69, 9.17) is 11.5 Å². The molecule has 1 aromatic carbocycles. The number of hydrogen-bond donors (Lipinski definition) is 2. The monoisotopic (exact) mass is 250 g/mol. The highest BCUT2D eigenvalue weighted by molar-refractivity contribution is 5.84. The molecule has 1 aliphatic heterocycles. The molecule has 0 bridgehead atoms. The van der Waals surface area contributed by atoms with E-state index in [0.29, 0.717) is 18.7 Å². The molecule has 96 valence electrons. The lowest BCUT2D eigenvalue weighted by molar-refractivity contribution is -0.383. The fourth-order valence-corrected chi connectivity index (χ4v) is 2.26. The Kier molecular flexibility index (Phi) is 3.05. The zero-order valence-electron chi connectivity index (χ0n) is 9.70. The minimum atomic E-state index is -0.533. The first-order chi connectivity index (χ1) is 8.50. The first-order valence-electron chi connectivity index (χ1n) is 5.60. The molecule has 1 amide bonds. The van der Waals surface area contributed by atoms with E-state index < -0.39 is 4.92 Å². The van der Waals surface area contributed by atoms with Gasteiger partial charge in [-0.05, 0) is 25.0 Å². The van der Waals surface area contributed by atoms with Crippen LogP contribution in [0, 0.1) is 10.1 Å². The lowest BCUT2D eigenvalue weighted by Crippen LogP contribution is -2.40. The molecule has 1 saturated heterocycles. The number of nitrogen functional groups attached to an aromatic ring is 1. The molecule has 0 radical (unpaired) electrons. The van der Waals surface area contributed by atoms with Gasteiger partial charge in [-0.2, -0.15) is 0 Å². The maximum atomic E-state index is 11.3. The first kappa shape index (κ1) is 12.2. The van der Waals surface area contributed by atoms with Gasteiger partial charge in [0.15, 0.2) is 0 Å². The molecule has 0 aliphatic carbocycles.